The van der Waals surface area contributed by atoms with Crippen molar-refractivity contribution in [2.24, 2.45) is 5.92 Å². The highest BCUT2D eigenvalue weighted by Gasteiger charge is 2.05. The minimum Gasteiger partial charge on any atom is -0.312 e. The van der Waals surface area contributed by atoms with Gasteiger partial charge in [0.05, 0.1) is 5.69 Å². The average molecular weight is 277 g/mol. The minimum atomic E-state index is 0.689. The molecule has 0 radical (unpaired) electrons. The van der Waals surface area contributed by atoms with E-state index in [4.69, 9.17) is 0 Å². The first-order valence-electron chi connectivity index (χ1n) is 6.91. The summed E-state index contributed by atoms with van der Waals surface area (Å²) < 4.78 is 2.07. The molecular formula is C15H23N3S. The zero-order valence-electron chi connectivity index (χ0n) is 12.0. The number of rotatable bonds is 7. The summed E-state index contributed by atoms with van der Waals surface area (Å²) in [6.07, 6.45) is 3.24. The molecule has 0 bridgehead atoms. The summed E-state index contributed by atoms with van der Waals surface area (Å²) in [6, 6.07) is 4.29. The van der Waals surface area contributed by atoms with Gasteiger partial charge < -0.3 is 5.32 Å². The van der Waals surface area contributed by atoms with Gasteiger partial charge in [-0.05, 0) is 30.8 Å². The molecule has 3 nitrogen and oxygen atoms in total. The van der Waals surface area contributed by atoms with Gasteiger partial charge >= 0.3 is 0 Å². The Kier molecular flexibility index (Phi) is 5.16. The van der Waals surface area contributed by atoms with E-state index in [2.05, 4.69) is 59.6 Å². The van der Waals surface area contributed by atoms with E-state index in [1.54, 1.807) is 0 Å². The fourth-order valence-corrected chi connectivity index (χ4v) is 2.72. The smallest absolute Gasteiger partial charge is 0.0638 e. The van der Waals surface area contributed by atoms with Crippen molar-refractivity contribution in [1.29, 1.82) is 0 Å². The van der Waals surface area contributed by atoms with Crippen LogP contribution in [0.3, 0.4) is 0 Å². The number of thiophene rings is 1. The Morgan fingerprint density at radius 2 is 2.26 bits per heavy atom. The highest BCUT2D eigenvalue weighted by Crippen LogP contribution is 2.11. The minimum absolute atomic E-state index is 0.689. The number of nitrogens with zero attached hydrogens (tertiary/aromatic N) is 2. The number of nitrogens with one attached hydrogen (secondary N) is 1. The maximum Gasteiger partial charge on any atom is 0.0638 e. The lowest BCUT2D eigenvalue weighted by Crippen LogP contribution is -2.19. The molecule has 2 aromatic rings. The van der Waals surface area contributed by atoms with Gasteiger partial charge in [0, 0.05) is 36.1 Å². The summed E-state index contributed by atoms with van der Waals surface area (Å²) in [5.41, 5.74) is 2.45. The maximum absolute atomic E-state index is 4.59. The van der Waals surface area contributed by atoms with Gasteiger partial charge in [-0.3, -0.25) is 4.68 Å². The predicted octanol–water partition coefficient (Wildman–Crippen LogP) is 3.24. The quantitative estimate of drug-likeness (QED) is 0.842. The topological polar surface area (TPSA) is 29.9 Å². The molecule has 104 valence electrons. The van der Waals surface area contributed by atoms with Crippen LogP contribution >= 0.6 is 11.3 Å². The fraction of sp³-hybridized carbons (Fsp3) is 0.533. The molecule has 2 aromatic heterocycles. The van der Waals surface area contributed by atoms with Crippen LogP contribution in [-0.4, -0.2) is 16.3 Å². The second-order valence-electron chi connectivity index (χ2n) is 5.36. The molecule has 0 amide bonds. The maximum atomic E-state index is 4.59. The molecule has 0 aliphatic carbocycles. The first-order valence-corrected chi connectivity index (χ1v) is 7.79. The van der Waals surface area contributed by atoms with E-state index in [-0.39, 0.29) is 0 Å². The van der Waals surface area contributed by atoms with E-state index in [1.807, 2.05) is 11.3 Å². The Hall–Kier alpha value is -1.13. The highest BCUT2D eigenvalue weighted by atomic mass is 32.1. The van der Waals surface area contributed by atoms with Gasteiger partial charge in [0.25, 0.3) is 0 Å². The van der Waals surface area contributed by atoms with Gasteiger partial charge in [0.15, 0.2) is 0 Å². The first-order chi connectivity index (χ1) is 9.15. The van der Waals surface area contributed by atoms with Gasteiger partial charge in [-0.15, -0.1) is 11.3 Å². The molecule has 0 fully saturated rings. The van der Waals surface area contributed by atoms with E-state index in [0.717, 1.165) is 31.7 Å². The normalized spacial score (nSPS) is 11.4. The van der Waals surface area contributed by atoms with Crippen LogP contribution in [0, 0.1) is 12.8 Å². The molecule has 2 heterocycles. The third-order valence-corrected chi connectivity index (χ3v) is 4.02. The molecule has 4 heteroatoms. The Labute approximate surface area is 119 Å². The summed E-state index contributed by atoms with van der Waals surface area (Å²) in [4.78, 5) is 1.42. The lowest BCUT2D eigenvalue weighted by molar-refractivity contribution is 0.551. The molecule has 0 aliphatic rings. The van der Waals surface area contributed by atoms with Crippen LogP contribution in [-0.2, 0) is 19.5 Å². The summed E-state index contributed by atoms with van der Waals surface area (Å²) in [7, 11) is 0. The van der Waals surface area contributed by atoms with Gasteiger partial charge in [0.1, 0.15) is 0 Å². The van der Waals surface area contributed by atoms with Gasteiger partial charge in [0.2, 0.25) is 0 Å². The SMILES string of the molecule is Cc1nn(CCc2cccs2)cc1CNCC(C)C. The molecule has 2 rings (SSSR count). The average Bonchev–Trinajstić information content (AvgIpc) is 2.97. The summed E-state index contributed by atoms with van der Waals surface area (Å²) in [5, 5.41) is 10.2. The second kappa shape index (κ2) is 6.87. The van der Waals surface area contributed by atoms with Crippen LogP contribution in [0.1, 0.15) is 30.0 Å². The molecule has 0 saturated carbocycles. The van der Waals surface area contributed by atoms with Crippen molar-refractivity contribution < 1.29 is 0 Å². The van der Waals surface area contributed by atoms with E-state index < -0.39 is 0 Å². The molecule has 0 aromatic carbocycles. The number of aromatic nitrogens is 2. The van der Waals surface area contributed by atoms with Crippen molar-refractivity contribution in [2.75, 3.05) is 6.54 Å². The van der Waals surface area contributed by atoms with Gasteiger partial charge in [-0.2, -0.15) is 5.10 Å². The van der Waals surface area contributed by atoms with Crippen molar-refractivity contribution in [3.63, 3.8) is 0 Å². The summed E-state index contributed by atoms with van der Waals surface area (Å²) in [6.45, 7) is 9.48. The monoisotopic (exact) mass is 277 g/mol. The van der Waals surface area contributed by atoms with Crippen molar-refractivity contribution in [2.45, 2.75) is 40.3 Å². The number of hydrogen-bond donors (Lipinski definition) is 1. The summed E-state index contributed by atoms with van der Waals surface area (Å²) in [5.74, 6) is 0.689. The molecule has 0 unspecified atom stereocenters. The van der Waals surface area contributed by atoms with Crippen molar-refractivity contribution in [3.05, 3.63) is 39.8 Å². The number of hydrogen-bond acceptors (Lipinski definition) is 3. The lowest BCUT2D eigenvalue weighted by atomic mass is 10.2. The van der Waals surface area contributed by atoms with Crippen molar-refractivity contribution >= 4 is 11.3 Å². The molecular weight excluding hydrogens is 254 g/mol. The van der Waals surface area contributed by atoms with E-state index in [9.17, 15) is 0 Å². The zero-order valence-corrected chi connectivity index (χ0v) is 12.8. The Bertz CT molecular complexity index is 485. The van der Waals surface area contributed by atoms with E-state index >= 15 is 0 Å². The Balaban J connectivity index is 1.85. The van der Waals surface area contributed by atoms with Crippen molar-refractivity contribution in [3.8, 4) is 0 Å². The fourth-order valence-electron chi connectivity index (χ4n) is 2.02. The van der Waals surface area contributed by atoms with E-state index in [0.29, 0.717) is 5.92 Å². The standard InChI is InChI=1S/C15H23N3S/c1-12(2)9-16-10-14-11-18(17-13(14)3)7-6-15-5-4-8-19-15/h4-5,8,11-12,16H,6-7,9-10H2,1-3H3. The van der Waals surface area contributed by atoms with Crippen molar-refractivity contribution in [1.82, 2.24) is 15.1 Å². The Morgan fingerprint density at radius 1 is 1.42 bits per heavy atom. The third-order valence-electron chi connectivity index (χ3n) is 3.08. The second-order valence-corrected chi connectivity index (χ2v) is 6.39. The molecule has 0 atom stereocenters. The molecule has 19 heavy (non-hydrogen) atoms. The van der Waals surface area contributed by atoms with Crippen LogP contribution in [0.4, 0.5) is 0 Å². The Morgan fingerprint density at radius 3 is 2.95 bits per heavy atom. The van der Waals surface area contributed by atoms with Gasteiger partial charge in [-0.1, -0.05) is 19.9 Å². The van der Waals surface area contributed by atoms with Crippen LogP contribution in [0.15, 0.2) is 23.7 Å². The molecule has 0 saturated heterocycles. The zero-order chi connectivity index (χ0) is 13.7. The van der Waals surface area contributed by atoms with E-state index in [1.165, 1.54) is 10.4 Å². The molecule has 0 aliphatic heterocycles. The lowest BCUT2D eigenvalue weighted by Gasteiger charge is -2.05. The van der Waals surface area contributed by atoms with Crippen LogP contribution in [0.5, 0.6) is 0 Å². The number of aryl methyl sites for hydroxylation is 3. The highest BCUT2D eigenvalue weighted by molar-refractivity contribution is 7.09. The predicted molar refractivity (Wildman–Crippen MR) is 81.5 cm³/mol. The van der Waals surface area contributed by atoms with Crippen LogP contribution in [0.2, 0.25) is 0 Å². The molecule has 0 spiro atoms. The largest absolute Gasteiger partial charge is 0.312 e. The third kappa shape index (κ3) is 4.48. The molecule has 1 N–H and O–H groups in total. The summed E-state index contributed by atoms with van der Waals surface area (Å²) >= 11 is 1.82. The van der Waals surface area contributed by atoms with Crippen LogP contribution in [0.25, 0.3) is 0 Å². The van der Waals surface area contributed by atoms with Crippen LogP contribution < -0.4 is 5.32 Å². The first kappa shape index (κ1) is 14.3. The van der Waals surface area contributed by atoms with Gasteiger partial charge in [-0.25, -0.2) is 0 Å².